The summed E-state index contributed by atoms with van der Waals surface area (Å²) in [5.74, 6) is 1.59. The van der Waals surface area contributed by atoms with Crippen LogP contribution in [0.5, 0.6) is 0 Å². The molecule has 1 aliphatic heterocycles. The number of halogens is 1. The molecule has 1 saturated heterocycles. The van der Waals surface area contributed by atoms with E-state index in [9.17, 15) is 4.79 Å². The van der Waals surface area contributed by atoms with Crippen LogP contribution in [0.4, 0.5) is 0 Å². The minimum atomic E-state index is -0.497. The zero-order chi connectivity index (χ0) is 20.1. The Morgan fingerprint density at radius 3 is 2.61 bits per heavy atom. The van der Waals surface area contributed by atoms with Crippen LogP contribution in [0.25, 0.3) is 0 Å². The molecule has 0 N–H and O–H groups in total. The molecule has 7 nitrogen and oxygen atoms in total. The van der Waals surface area contributed by atoms with Crippen molar-refractivity contribution < 1.29 is 14.1 Å². The van der Waals surface area contributed by atoms with E-state index in [2.05, 4.69) is 33.8 Å². The molecule has 1 aliphatic rings. The summed E-state index contributed by atoms with van der Waals surface area (Å²) < 4.78 is 10.4. The molecular weight excluding hydrogens is 380 g/mol. The van der Waals surface area contributed by atoms with Crippen molar-refractivity contribution in [1.29, 1.82) is 0 Å². The maximum atomic E-state index is 12.5. The second kappa shape index (κ2) is 9.49. The van der Waals surface area contributed by atoms with E-state index in [1.54, 1.807) is 6.07 Å². The van der Waals surface area contributed by atoms with E-state index >= 15 is 0 Å². The predicted octanol–water partition coefficient (Wildman–Crippen LogP) is 2.95. The standard InChI is InChI=1S/C20H27ClN4O3/c1-14(2)12-18-22-17(23-28-18)13-24-8-10-25(11-9-24)19(20(26)27-3)15-6-4-5-7-16(15)21/h4-7,14,19H,8-13H2,1-3H3. The number of hydrogen-bond donors (Lipinski definition) is 0. The Morgan fingerprint density at radius 1 is 1.25 bits per heavy atom. The molecule has 1 atom stereocenters. The van der Waals surface area contributed by atoms with E-state index in [1.165, 1.54) is 7.11 Å². The van der Waals surface area contributed by atoms with Gasteiger partial charge in [-0.2, -0.15) is 4.98 Å². The van der Waals surface area contributed by atoms with Gasteiger partial charge in [0.1, 0.15) is 6.04 Å². The van der Waals surface area contributed by atoms with Crippen molar-refractivity contribution in [3.05, 3.63) is 46.6 Å². The van der Waals surface area contributed by atoms with Gasteiger partial charge in [0.15, 0.2) is 5.82 Å². The monoisotopic (exact) mass is 406 g/mol. The van der Waals surface area contributed by atoms with Crippen LogP contribution < -0.4 is 0 Å². The molecule has 0 saturated carbocycles. The highest BCUT2D eigenvalue weighted by Gasteiger charge is 2.32. The zero-order valence-corrected chi connectivity index (χ0v) is 17.4. The van der Waals surface area contributed by atoms with Crippen LogP contribution in [-0.2, 0) is 22.5 Å². The second-order valence-corrected chi connectivity index (χ2v) is 7.87. The number of piperazine rings is 1. The van der Waals surface area contributed by atoms with Crippen LogP contribution in [0.15, 0.2) is 28.8 Å². The third-order valence-corrected chi connectivity index (χ3v) is 5.20. The van der Waals surface area contributed by atoms with Crippen molar-refractivity contribution >= 4 is 17.6 Å². The Hall–Kier alpha value is -1.96. The van der Waals surface area contributed by atoms with Crippen molar-refractivity contribution in [3.63, 3.8) is 0 Å². The van der Waals surface area contributed by atoms with Gasteiger partial charge in [0.05, 0.1) is 13.7 Å². The molecule has 2 aromatic rings. The summed E-state index contributed by atoms with van der Waals surface area (Å²) in [5.41, 5.74) is 0.779. The molecule has 0 radical (unpaired) electrons. The van der Waals surface area contributed by atoms with Crippen LogP contribution in [0.1, 0.15) is 37.2 Å². The minimum absolute atomic E-state index is 0.293. The number of carbonyl (C=O) groups is 1. The van der Waals surface area contributed by atoms with E-state index in [1.807, 2.05) is 18.2 Å². The van der Waals surface area contributed by atoms with Crippen LogP contribution in [0, 0.1) is 5.92 Å². The largest absolute Gasteiger partial charge is 0.468 e. The van der Waals surface area contributed by atoms with Crippen LogP contribution in [0.3, 0.4) is 0 Å². The third-order valence-electron chi connectivity index (χ3n) is 4.85. The molecular formula is C20H27ClN4O3. The topological polar surface area (TPSA) is 71.7 Å². The summed E-state index contributed by atoms with van der Waals surface area (Å²) in [6.45, 7) is 7.94. The normalized spacial score (nSPS) is 17.0. The van der Waals surface area contributed by atoms with E-state index in [0.29, 0.717) is 29.2 Å². The maximum Gasteiger partial charge on any atom is 0.327 e. The Balaban J connectivity index is 1.62. The Kier molecular flexibility index (Phi) is 7.04. The average molecular weight is 407 g/mol. The number of methoxy groups -OCH3 is 1. The summed E-state index contributed by atoms with van der Waals surface area (Å²) in [6.07, 6.45) is 0.791. The summed E-state index contributed by atoms with van der Waals surface area (Å²) in [7, 11) is 1.41. The number of hydrogen-bond acceptors (Lipinski definition) is 7. The predicted molar refractivity (Wildman–Crippen MR) is 106 cm³/mol. The number of rotatable bonds is 7. The number of carbonyl (C=O) groups excluding carboxylic acids is 1. The smallest absolute Gasteiger partial charge is 0.327 e. The molecule has 2 heterocycles. The summed E-state index contributed by atoms with van der Waals surface area (Å²) in [4.78, 5) is 21.3. The average Bonchev–Trinajstić information content (AvgIpc) is 3.10. The number of nitrogens with zero attached hydrogens (tertiary/aromatic N) is 4. The molecule has 1 aromatic heterocycles. The van der Waals surface area contributed by atoms with Gasteiger partial charge in [-0.25, -0.2) is 4.79 Å². The molecule has 1 fully saturated rings. The van der Waals surface area contributed by atoms with E-state index in [0.717, 1.165) is 38.2 Å². The van der Waals surface area contributed by atoms with Gasteiger partial charge in [-0.05, 0) is 17.5 Å². The van der Waals surface area contributed by atoms with Crippen molar-refractivity contribution in [2.45, 2.75) is 32.9 Å². The van der Waals surface area contributed by atoms with Crippen molar-refractivity contribution in [2.24, 2.45) is 5.92 Å². The highest BCUT2D eigenvalue weighted by atomic mass is 35.5. The van der Waals surface area contributed by atoms with Gasteiger partial charge in [0.2, 0.25) is 5.89 Å². The van der Waals surface area contributed by atoms with E-state index in [4.69, 9.17) is 20.9 Å². The molecule has 152 valence electrons. The van der Waals surface area contributed by atoms with Crippen LogP contribution in [0.2, 0.25) is 5.02 Å². The van der Waals surface area contributed by atoms with Crippen molar-refractivity contribution in [3.8, 4) is 0 Å². The summed E-state index contributed by atoms with van der Waals surface area (Å²) in [5, 5.41) is 4.66. The Morgan fingerprint density at radius 2 is 1.96 bits per heavy atom. The maximum absolute atomic E-state index is 12.5. The van der Waals surface area contributed by atoms with Gasteiger partial charge >= 0.3 is 5.97 Å². The fourth-order valence-electron chi connectivity index (χ4n) is 3.45. The van der Waals surface area contributed by atoms with Gasteiger partial charge < -0.3 is 9.26 Å². The Labute approximate surface area is 170 Å². The lowest BCUT2D eigenvalue weighted by Crippen LogP contribution is -2.49. The zero-order valence-electron chi connectivity index (χ0n) is 16.6. The first-order valence-electron chi connectivity index (χ1n) is 9.58. The number of ether oxygens (including phenoxy) is 1. The molecule has 1 unspecified atom stereocenters. The van der Waals surface area contributed by atoms with E-state index in [-0.39, 0.29) is 5.97 Å². The number of esters is 1. The first kappa shape index (κ1) is 20.8. The lowest BCUT2D eigenvalue weighted by Gasteiger charge is -2.38. The molecule has 0 bridgehead atoms. The molecule has 0 spiro atoms. The SMILES string of the molecule is COC(=O)C(c1ccccc1Cl)N1CCN(Cc2noc(CC(C)C)n2)CC1. The lowest BCUT2D eigenvalue weighted by atomic mass is 10.0. The van der Waals surface area contributed by atoms with Crippen molar-refractivity contribution in [1.82, 2.24) is 19.9 Å². The lowest BCUT2D eigenvalue weighted by molar-refractivity contribution is -0.148. The van der Waals surface area contributed by atoms with Crippen molar-refractivity contribution in [2.75, 3.05) is 33.3 Å². The van der Waals surface area contributed by atoms with Gasteiger partial charge in [-0.1, -0.05) is 48.8 Å². The van der Waals surface area contributed by atoms with Gasteiger partial charge in [-0.3, -0.25) is 9.80 Å². The Bertz CT molecular complexity index is 787. The summed E-state index contributed by atoms with van der Waals surface area (Å²) >= 11 is 6.34. The molecule has 28 heavy (non-hydrogen) atoms. The molecule has 8 heteroatoms. The first-order valence-corrected chi connectivity index (χ1v) is 9.96. The van der Waals surface area contributed by atoms with Crippen LogP contribution in [-0.4, -0.2) is 59.2 Å². The molecule has 0 amide bonds. The molecule has 3 rings (SSSR count). The van der Waals surface area contributed by atoms with Crippen LogP contribution >= 0.6 is 11.6 Å². The molecule has 1 aromatic carbocycles. The highest BCUT2D eigenvalue weighted by molar-refractivity contribution is 6.31. The van der Waals surface area contributed by atoms with Gasteiger partial charge in [0, 0.05) is 37.6 Å². The molecule has 0 aliphatic carbocycles. The minimum Gasteiger partial charge on any atom is -0.468 e. The number of aromatic nitrogens is 2. The van der Waals surface area contributed by atoms with Gasteiger partial charge in [0.25, 0.3) is 0 Å². The van der Waals surface area contributed by atoms with E-state index < -0.39 is 6.04 Å². The second-order valence-electron chi connectivity index (χ2n) is 7.46. The quantitative estimate of drug-likeness (QED) is 0.654. The first-order chi connectivity index (χ1) is 13.5. The fourth-order valence-corrected chi connectivity index (χ4v) is 3.69. The highest BCUT2D eigenvalue weighted by Crippen LogP contribution is 2.29. The van der Waals surface area contributed by atoms with Gasteiger partial charge in [-0.15, -0.1) is 0 Å². The number of benzene rings is 1. The fraction of sp³-hybridized carbons (Fsp3) is 0.550. The third kappa shape index (κ3) is 5.10. The summed E-state index contributed by atoms with van der Waals surface area (Å²) in [6, 6.07) is 6.93.